The molecule has 7 nitrogen and oxygen atoms in total. The molecule has 3 heterocycles. The first kappa shape index (κ1) is 13.4. The Morgan fingerprint density at radius 2 is 2.24 bits per heavy atom. The molecular formula is C14H15N3O4. The molecule has 110 valence electrons. The molecule has 0 aliphatic rings. The Balaban J connectivity index is 2.24. The van der Waals surface area contributed by atoms with Crippen LogP contribution in [-0.4, -0.2) is 26.8 Å². The SMILES string of the molecule is CCOC(=O)[C@@H](C)n1nc(C)n2c(cc3occc32)c1=O. The largest absolute Gasteiger partial charge is 0.464 e. The third-order valence-electron chi connectivity index (χ3n) is 3.42. The summed E-state index contributed by atoms with van der Waals surface area (Å²) < 4.78 is 13.1. The molecule has 3 rings (SSSR count). The summed E-state index contributed by atoms with van der Waals surface area (Å²) in [6.45, 7) is 5.34. The molecule has 21 heavy (non-hydrogen) atoms. The fourth-order valence-electron chi connectivity index (χ4n) is 2.42. The summed E-state index contributed by atoms with van der Waals surface area (Å²) in [4.78, 5) is 24.3. The second kappa shape index (κ2) is 4.76. The molecule has 0 saturated carbocycles. The summed E-state index contributed by atoms with van der Waals surface area (Å²) in [5, 5.41) is 4.23. The van der Waals surface area contributed by atoms with Crippen molar-refractivity contribution in [3.8, 4) is 0 Å². The van der Waals surface area contributed by atoms with Crippen LogP contribution >= 0.6 is 0 Å². The quantitative estimate of drug-likeness (QED) is 0.685. The van der Waals surface area contributed by atoms with Gasteiger partial charge in [0, 0.05) is 12.1 Å². The number of hydrogen-bond donors (Lipinski definition) is 0. The lowest BCUT2D eigenvalue weighted by Gasteiger charge is -2.14. The fraction of sp³-hybridized carbons (Fsp3) is 0.357. The number of aromatic nitrogens is 3. The Labute approximate surface area is 119 Å². The topological polar surface area (TPSA) is 78.7 Å². The van der Waals surface area contributed by atoms with Crippen molar-refractivity contribution in [2.75, 3.05) is 6.61 Å². The van der Waals surface area contributed by atoms with E-state index < -0.39 is 12.0 Å². The first-order chi connectivity index (χ1) is 10.0. The number of nitrogens with zero attached hydrogens (tertiary/aromatic N) is 3. The van der Waals surface area contributed by atoms with Gasteiger partial charge >= 0.3 is 5.97 Å². The molecule has 0 aliphatic heterocycles. The number of furan rings is 1. The van der Waals surface area contributed by atoms with Crippen LogP contribution in [0.4, 0.5) is 0 Å². The molecule has 0 spiro atoms. The summed E-state index contributed by atoms with van der Waals surface area (Å²) in [7, 11) is 0. The fourth-order valence-corrected chi connectivity index (χ4v) is 2.42. The number of ether oxygens (including phenoxy) is 1. The van der Waals surface area contributed by atoms with Crippen molar-refractivity contribution in [2.24, 2.45) is 0 Å². The Kier molecular flexibility index (Phi) is 3.04. The summed E-state index contributed by atoms with van der Waals surface area (Å²) in [6.07, 6.45) is 1.56. The van der Waals surface area contributed by atoms with Crippen LogP contribution in [0.15, 0.2) is 27.6 Å². The highest BCUT2D eigenvalue weighted by Gasteiger charge is 2.22. The van der Waals surface area contributed by atoms with E-state index in [-0.39, 0.29) is 12.2 Å². The standard InChI is InChI=1S/C14H15N3O4/c1-4-20-14(19)8(2)17-13(18)11-7-12-10(5-6-21-12)16(11)9(3)15-17/h5-8H,4H2,1-3H3/t8-/m1/s1. The second-order valence-corrected chi connectivity index (χ2v) is 4.76. The van der Waals surface area contributed by atoms with Crippen LogP contribution in [0.2, 0.25) is 0 Å². The normalized spacial score (nSPS) is 12.9. The van der Waals surface area contributed by atoms with Crippen LogP contribution in [-0.2, 0) is 9.53 Å². The average Bonchev–Trinajstić information content (AvgIpc) is 3.02. The van der Waals surface area contributed by atoms with Crippen LogP contribution in [0.25, 0.3) is 16.6 Å². The smallest absolute Gasteiger partial charge is 0.330 e. The van der Waals surface area contributed by atoms with E-state index >= 15 is 0 Å². The molecule has 0 aliphatic carbocycles. The molecule has 0 aromatic carbocycles. The summed E-state index contributed by atoms with van der Waals surface area (Å²) in [6, 6.07) is 2.65. The van der Waals surface area contributed by atoms with Gasteiger partial charge in [0.1, 0.15) is 11.3 Å². The van der Waals surface area contributed by atoms with Crippen molar-refractivity contribution in [3.63, 3.8) is 0 Å². The number of hydrogen-bond acceptors (Lipinski definition) is 5. The molecule has 0 radical (unpaired) electrons. The van der Waals surface area contributed by atoms with Crippen molar-refractivity contribution >= 4 is 22.6 Å². The van der Waals surface area contributed by atoms with Crippen molar-refractivity contribution in [3.05, 3.63) is 34.6 Å². The predicted molar refractivity (Wildman–Crippen MR) is 75.3 cm³/mol. The first-order valence-corrected chi connectivity index (χ1v) is 6.69. The van der Waals surface area contributed by atoms with Gasteiger partial charge < -0.3 is 9.15 Å². The van der Waals surface area contributed by atoms with Crippen LogP contribution in [0.5, 0.6) is 0 Å². The molecule has 0 bridgehead atoms. The second-order valence-electron chi connectivity index (χ2n) is 4.76. The zero-order valence-electron chi connectivity index (χ0n) is 12.0. The third kappa shape index (κ3) is 1.93. The zero-order valence-corrected chi connectivity index (χ0v) is 12.0. The van der Waals surface area contributed by atoms with Gasteiger partial charge in [-0.2, -0.15) is 5.10 Å². The highest BCUT2D eigenvalue weighted by molar-refractivity contribution is 5.82. The monoisotopic (exact) mass is 289 g/mol. The van der Waals surface area contributed by atoms with E-state index in [0.29, 0.717) is 16.9 Å². The number of aryl methyl sites for hydroxylation is 1. The van der Waals surface area contributed by atoms with Gasteiger partial charge in [0.05, 0.1) is 18.4 Å². The maximum atomic E-state index is 12.5. The minimum absolute atomic E-state index is 0.261. The molecule has 0 saturated heterocycles. The van der Waals surface area contributed by atoms with Crippen molar-refractivity contribution in [2.45, 2.75) is 26.8 Å². The Bertz CT molecular complexity index is 887. The van der Waals surface area contributed by atoms with Gasteiger partial charge in [-0.05, 0) is 20.8 Å². The van der Waals surface area contributed by atoms with E-state index in [0.717, 1.165) is 10.2 Å². The summed E-state index contributed by atoms with van der Waals surface area (Å²) in [5.74, 6) is 0.114. The van der Waals surface area contributed by atoms with Crippen molar-refractivity contribution in [1.29, 1.82) is 0 Å². The lowest BCUT2D eigenvalue weighted by Crippen LogP contribution is -2.33. The Morgan fingerprint density at radius 1 is 1.48 bits per heavy atom. The van der Waals surface area contributed by atoms with Crippen molar-refractivity contribution < 1.29 is 13.9 Å². The molecule has 0 fully saturated rings. The van der Waals surface area contributed by atoms with Gasteiger partial charge in [0.2, 0.25) is 0 Å². The molecule has 0 N–H and O–H groups in total. The minimum atomic E-state index is -0.776. The van der Waals surface area contributed by atoms with Crippen LogP contribution in [0.3, 0.4) is 0 Å². The van der Waals surface area contributed by atoms with Gasteiger partial charge in [-0.25, -0.2) is 9.48 Å². The maximum absolute atomic E-state index is 12.5. The maximum Gasteiger partial charge on any atom is 0.330 e. The highest BCUT2D eigenvalue weighted by Crippen LogP contribution is 2.20. The minimum Gasteiger partial charge on any atom is -0.464 e. The predicted octanol–water partition coefficient (Wildman–Crippen LogP) is 1.67. The molecule has 3 aromatic heterocycles. The average molecular weight is 289 g/mol. The molecule has 3 aromatic rings. The van der Waals surface area contributed by atoms with Crippen LogP contribution < -0.4 is 5.56 Å². The number of fused-ring (bicyclic) bond motifs is 3. The number of carbonyl (C=O) groups excluding carboxylic acids is 1. The summed E-state index contributed by atoms with van der Waals surface area (Å²) in [5.41, 5.74) is 1.46. The van der Waals surface area contributed by atoms with Gasteiger partial charge in [-0.1, -0.05) is 0 Å². The van der Waals surface area contributed by atoms with E-state index in [1.165, 1.54) is 0 Å². The van der Waals surface area contributed by atoms with E-state index in [9.17, 15) is 9.59 Å². The van der Waals surface area contributed by atoms with Gasteiger partial charge in [0.25, 0.3) is 5.56 Å². The van der Waals surface area contributed by atoms with Crippen LogP contribution in [0.1, 0.15) is 25.7 Å². The number of esters is 1. The molecule has 0 amide bonds. The van der Waals surface area contributed by atoms with Gasteiger partial charge in [0.15, 0.2) is 11.6 Å². The van der Waals surface area contributed by atoms with E-state index in [1.54, 1.807) is 43.6 Å². The lowest BCUT2D eigenvalue weighted by atomic mass is 10.3. The molecular weight excluding hydrogens is 274 g/mol. The van der Waals surface area contributed by atoms with E-state index in [2.05, 4.69) is 5.10 Å². The summed E-state index contributed by atoms with van der Waals surface area (Å²) >= 11 is 0. The van der Waals surface area contributed by atoms with Gasteiger partial charge in [-0.15, -0.1) is 0 Å². The van der Waals surface area contributed by atoms with Crippen molar-refractivity contribution in [1.82, 2.24) is 14.2 Å². The van der Waals surface area contributed by atoms with Gasteiger partial charge in [-0.3, -0.25) is 9.20 Å². The number of carbonyl (C=O) groups is 1. The zero-order chi connectivity index (χ0) is 15.1. The van der Waals surface area contributed by atoms with E-state index in [4.69, 9.17) is 9.15 Å². The molecule has 7 heteroatoms. The number of rotatable bonds is 3. The third-order valence-corrected chi connectivity index (χ3v) is 3.42. The first-order valence-electron chi connectivity index (χ1n) is 6.69. The van der Waals surface area contributed by atoms with Crippen LogP contribution in [0, 0.1) is 6.92 Å². The lowest BCUT2D eigenvalue weighted by molar-refractivity contribution is -0.147. The molecule has 1 atom stereocenters. The van der Waals surface area contributed by atoms with E-state index in [1.807, 2.05) is 0 Å². The Hall–Kier alpha value is -2.57. The Morgan fingerprint density at radius 3 is 2.95 bits per heavy atom. The highest BCUT2D eigenvalue weighted by atomic mass is 16.5. The molecule has 0 unspecified atom stereocenters.